The Balaban J connectivity index is 1.52. The lowest BCUT2D eigenvalue weighted by molar-refractivity contribution is -0.117. The van der Waals surface area contributed by atoms with Gasteiger partial charge in [-0.1, -0.05) is 35.3 Å². The van der Waals surface area contributed by atoms with Crippen LogP contribution in [0.3, 0.4) is 0 Å². The van der Waals surface area contributed by atoms with E-state index < -0.39 is 0 Å². The molecule has 0 radical (unpaired) electrons. The average molecular weight is 418 g/mol. The van der Waals surface area contributed by atoms with Gasteiger partial charge in [0.1, 0.15) is 0 Å². The molecule has 0 aliphatic carbocycles. The van der Waals surface area contributed by atoms with Crippen molar-refractivity contribution in [2.75, 3.05) is 42.5 Å². The van der Waals surface area contributed by atoms with Crippen molar-refractivity contribution in [3.8, 4) is 0 Å². The van der Waals surface area contributed by atoms with Gasteiger partial charge in [-0.3, -0.25) is 9.59 Å². The summed E-state index contributed by atoms with van der Waals surface area (Å²) in [5.74, 6) is -0.0231. The first-order valence-corrected chi connectivity index (χ1v) is 10.2. The molecule has 2 aliphatic rings. The van der Waals surface area contributed by atoms with E-state index in [-0.39, 0.29) is 11.8 Å². The van der Waals surface area contributed by atoms with Crippen molar-refractivity contribution in [2.24, 2.45) is 0 Å². The summed E-state index contributed by atoms with van der Waals surface area (Å²) in [6.45, 7) is 3.24. The fraction of sp³-hybridized carbons (Fsp3) is 0.333. The molecule has 7 heteroatoms. The Morgan fingerprint density at radius 2 is 1.64 bits per heavy atom. The van der Waals surface area contributed by atoms with Crippen LogP contribution in [0.25, 0.3) is 0 Å². The molecule has 146 valence electrons. The Morgan fingerprint density at radius 3 is 2.32 bits per heavy atom. The molecular formula is C21H21Cl2N3O2. The molecule has 0 N–H and O–H groups in total. The Morgan fingerprint density at radius 1 is 0.893 bits per heavy atom. The fourth-order valence-corrected chi connectivity index (χ4v) is 4.26. The highest BCUT2D eigenvalue weighted by atomic mass is 35.5. The Bertz CT molecular complexity index is 910. The molecule has 2 aliphatic heterocycles. The molecule has 2 fully saturated rings. The highest BCUT2D eigenvalue weighted by Crippen LogP contribution is 2.31. The molecule has 2 saturated heterocycles. The maximum absolute atomic E-state index is 13.2. The van der Waals surface area contributed by atoms with Crippen molar-refractivity contribution >= 4 is 46.4 Å². The lowest BCUT2D eigenvalue weighted by Gasteiger charge is -2.37. The number of amides is 2. The van der Waals surface area contributed by atoms with Crippen LogP contribution < -0.4 is 9.80 Å². The Labute approximate surface area is 174 Å². The number of nitrogens with zero attached hydrogens (tertiary/aromatic N) is 3. The molecule has 0 aromatic heterocycles. The van der Waals surface area contributed by atoms with Gasteiger partial charge in [0.2, 0.25) is 5.91 Å². The summed E-state index contributed by atoms with van der Waals surface area (Å²) in [6.07, 6.45) is 1.31. The van der Waals surface area contributed by atoms with Gasteiger partial charge in [0.25, 0.3) is 5.91 Å². The number of rotatable bonds is 3. The van der Waals surface area contributed by atoms with E-state index in [9.17, 15) is 9.59 Å². The van der Waals surface area contributed by atoms with E-state index in [4.69, 9.17) is 23.2 Å². The summed E-state index contributed by atoms with van der Waals surface area (Å²) in [5, 5.41) is 1.24. The monoisotopic (exact) mass is 417 g/mol. The molecule has 2 aromatic rings. The van der Waals surface area contributed by atoms with Crippen LogP contribution in [0.2, 0.25) is 10.0 Å². The largest absolute Gasteiger partial charge is 0.367 e. The lowest BCUT2D eigenvalue weighted by atomic mass is 10.1. The number of piperazine rings is 1. The maximum atomic E-state index is 13.2. The van der Waals surface area contributed by atoms with Gasteiger partial charge in [-0.15, -0.1) is 0 Å². The van der Waals surface area contributed by atoms with E-state index in [0.29, 0.717) is 55.4 Å². The Hall–Kier alpha value is -2.24. The number of para-hydroxylation sites is 1. The van der Waals surface area contributed by atoms with Gasteiger partial charge in [0, 0.05) is 44.2 Å². The minimum absolute atomic E-state index is 0.0415. The molecule has 28 heavy (non-hydrogen) atoms. The van der Waals surface area contributed by atoms with Crippen molar-refractivity contribution in [1.29, 1.82) is 0 Å². The second kappa shape index (κ2) is 8.02. The molecule has 2 aromatic carbocycles. The normalized spacial score (nSPS) is 17.4. The second-order valence-electron chi connectivity index (χ2n) is 7.04. The molecule has 0 atom stereocenters. The number of halogens is 2. The summed E-state index contributed by atoms with van der Waals surface area (Å²) in [5.41, 5.74) is 2.14. The van der Waals surface area contributed by atoms with Gasteiger partial charge in [-0.25, -0.2) is 0 Å². The third kappa shape index (κ3) is 3.69. The van der Waals surface area contributed by atoms with Crippen LogP contribution in [0.4, 0.5) is 11.4 Å². The smallest absolute Gasteiger partial charge is 0.256 e. The first-order valence-electron chi connectivity index (χ1n) is 9.43. The second-order valence-corrected chi connectivity index (χ2v) is 7.88. The van der Waals surface area contributed by atoms with Gasteiger partial charge >= 0.3 is 0 Å². The standard InChI is InChI=1S/C21H21Cl2N3O2/c22-15-7-8-16(19(14-15)26-9-3-6-20(26)27)21(28)25-12-10-24(11-13-25)18-5-2-1-4-17(18)23/h1-2,4-5,7-8,14H,3,6,9-13H2. The zero-order valence-electron chi connectivity index (χ0n) is 15.4. The number of benzene rings is 2. The zero-order valence-corrected chi connectivity index (χ0v) is 16.9. The zero-order chi connectivity index (χ0) is 19.7. The molecule has 2 amide bonds. The number of hydrogen-bond acceptors (Lipinski definition) is 3. The van der Waals surface area contributed by atoms with Crippen LogP contribution in [0.15, 0.2) is 42.5 Å². The lowest BCUT2D eigenvalue weighted by Crippen LogP contribution is -2.49. The molecule has 0 bridgehead atoms. The van der Waals surface area contributed by atoms with Gasteiger partial charge in [0.05, 0.1) is 22.0 Å². The topological polar surface area (TPSA) is 43.9 Å². The Kier molecular flexibility index (Phi) is 5.47. The van der Waals surface area contributed by atoms with E-state index in [1.54, 1.807) is 23.1 Å². The summed E-state index contributed by atoms with van der Waals surface area (Å²) in [6, 6.07) is 12.9. The minimum Gasteiger partial charge on any atom is -0.367 e. The summed E-state index contributed by atoms with van der Waals surface area (Å²) < 4.78 is 0. The third-order valence-electron chi connectivity index (χ3n) is 5.31. The molecule has 0 unspecified atom stereocenters. The summed E-state index contributed by atoms with van der Waals surface area (Å²) in [4.78, 5) is 31.1. The molecule has 2 heterocycles. The predicted octanol–water partition coefficient (Wildman–Crippen LogP) is 4.08. The van der Waals surface area contributed by atoms with Crippen LogP contribution >= 0.6 is 23.2 Å². The van der Waals surface area contributed by atoms with Crippen LogP contribution in [0.5, 0.6) is 0 Å². The van der Waals surface area contributed by atoms with E-state index in [1.165, 1.54) is 0 Å². The fourth-order valence-electron chi connectivity index (χ4n) is 3.84. The van der Waals surface area contributed by atoms with E-state index in [2.05, 4.69) is 4.90 Å². The highest BCUT2D eigenvalue weighted by molar-refractivity contribution is 6.33. The van der Waals surface area contributed by atoms with Crippen molar-refractivity contribution in [1.82, 2.24) is 4.90 Å². The third-order valence-corrected chi connectivity index (χ3v) is 5.87. The number of anilines is 2. The molecule has 4 rings (SSSR count). The van der Waals surface area contributed by atoms with E-state index in [1.807, 2.05) is 29.2 Å². The molecule has 0 spiro atoms. The van der Waals surface area contributed by atoms with Crippen LogP contribution in [-0.4, -0.2) is 49.4 Å². The van der Waals surface area contributed by atoms with Gasteiger partial charge < -0.3 is 14.7 Å². The SMILES string of the molecule is O=C(c1ccc(Cl)cc1N1CCCC1=O)N1CCN(c2ccccc2Cl)CC1. The highest BCUT2D eigenvalue weighted by Gasteiger charge is 2.29. The molecule has 5 nitrogen and oxygen atoms in total. The summed E-state index contributed by atoms with van der Waals surface area (Å²) >= 11 is 12.5. The first-order chi connectivity index (χ1) is 13.5. The quantitative estimate of drug-likeness (QED) is 0.755. The number of hydrogen-bond donors (Lipinski definition) is 0. The maximum Gasteiger partial charge on any atom is 0.256 e. The van der Waals surface area contributed by atoms with Crippen molar-refractivity contribution in [2.45, 2.75) is 12.8 Å². The first kappa shape index (κ1) is 19.1. The van der Waals surface area contributed by atoms with Crippen molar-refractivity contribution in [3.05, 3.63) is 58.1 Å². The van der Waals surface area contributed by atoms with Crippen LogP contribution in [0.1, 0.15) is 23.2 Å². The summed E-state index contributed by atoms with van der Waals surface area (Å²) in [7, 11) is 0. The predicted molar refractivity (Wildman–Crippen MR) is 113 cm³/mol. The number of carbonyl (C=O) groups is 2. The minimum atomic E-state index is -0.0647. The van der Waals surface area contributed by atoms with Gasteiger partial charge in [0.15, 0.2) is 0 Å². The van der Waals surface area contributed by atoms with E-state index in [0.717, 1.165) is 17.1 Å². The van der Waals surface area contributed by atoms with Gasteiger partial charge in [-0.05, 0) is 36.8 Å². The van der Waals surface area contributed by atoms with E-state index >= 15 is 0 Å². The molecular weight excluding hydrogens is 397 g/mol. The number of carbonyl (C=O) groups excluding carboxylic acids is 2. The van der Waals surface area contributed by atoms with Crippen molar-refractivity contribution in [3.63, 3.8) is 0 Å². The van der Waals surface area contributed by atoms with Crippen molar-refractivity contribution < 1.29 is 9.59 Å². The van der Waals surface area contributed by atoms with Crippen LogP contribution in [0, 0.1) is 0 Å². The van der Waals surface area contributed by atoms with Crippen LogP contribution in [-0.2, 0) is 4.79 Å². The van der Waals surface area contributed by atoms with Gasteiger partial charge in [-0.2, -0.15) is 0 Å². The average Bonchev–Trinajstić information content (AvgIpc) is 3.14. The molecule has 0 saturated carbocycles.